The van der Waals surface area contributed by atoms with Gasteiger partial charge in [-0.2, -0.15) is 0 Å². The van der Waals surface area contributed by atoms with E-state index in [-0.39, 0.29) is 12.1 Å². The Morgan fingerprint density at radius 2 is 2.08 bits per heavy atom. The third-order valence-corrected chi connectivity index (χ3v) is 2.37. The first-order valence-electron chi connectivity index (χ1n) is 5.13. The molecule has 0 radical (unpaired) electrons. The van der Waals surface area contributed by atoms with E-state index in [1.165, 1.54) is 19.3 Å². The zero-order valence-electron chi connectivity index (χ0n) is 8.29. The summed E-state index contributed by atoms with van der Waals surface area (Å²) in [5.41, 5.74) is 0. The molecule has 1 saturated carbocycles. The van der Waals surface area contributed by atoms with Crippen LogP contribution in [0.3, 0.4) is 0 Å². The van der Waals surface area contributed by atoms with E-state index in [0.29, 0.717) is 6.42 Å². The zero-order valence-corrected chi connectivity index (χ0v) is 8.29. The molecule has 13 heavy (non-hydrogen) atoms. The highest BCUT2D eigenvalue weighted by Gasteiger charge is 2.16. The molecule has 74 valence electrons. The first-order valence-corrected chi connectivity index (χ1v) is 5.13. The Hall–Kier alpha value is -0.790. The highest BCUT2D eigenvalue weighted by molar-refractivity contribution is 5.71. The molecule has 0 N–H and O–H groups in total. The second-order valence-electron chi connectivity index (χ2n) is 3.52. The minimum absolute atomic E-state index is 0.0787. The van der Waals surface area contributed by atoms with Gasteiger partial charge < -0.3 is 4.74 Å². The first-order chi connectivity index (χ1) is 6.33. The summed E-state index contributed by atoms with van der Waals surface area (Å²) >= 11 is 0. The van der Waals surface area contributed by atoms with Gasteiger partial charge in [-0.3, -0.25) is 4.79 Å². The van der Waals surface area contributed by atoms with Crippen molar-refractivity contribution in [3.8, 4) is 0 Å². The second-order valence-corrected chi connectivity index (χ2v) is 3.52. The van der Waals surface area contributed by atoms with Crippen LogP contribution >= 0.6 is 0 Å². The molecule has 1 aliphatic rings. The minimum Gasteiger partial charge on any atom is -0.462 e. The van der Waals surface area contributed by atoms with Crippen LogP contribution < -0.4 is 0 Å². The molecule has 0 aliphatic heterocycles. The van der Waals surface area contributed by atoms with E-state index in [2.05, 4.69) is 0 Å². The molecule has 0 spiro atoms. The standard InChI is InChI=1S/C11H18O2/c1-2-3-9-11(12)13-10-7-5-4-6-8-10/h2-3,10H,4-9H2,1H3. The van der Waals surface area contributed by atoms with E-state index in [0.717, 1.165) is 12.8 Å². The monoisotopic (exact) mass is 182 g/mol. The van der Waals surface area contributed by atoms with Crippen LogP contribution in [0.4, 0.5) is 0 Å². The van der Waals surface area contributed by atoms with Gasteiger partial charge in [-0.05, 0) is 32.6 Å². The predicted octanol–water partition coefficient (Wildman–Crippen LogP) is 2.83. The molecule has 0 bridgehead atoms. The number of esters is 1. The maximum absolute atomic E-state index is 11.2. The molecular formula is C11H18O2. The van der Waals surface area contributed by atoms with Gasteiger partial charge in [0.1, 0.15) is 6.10 Å². The molecule has 0 aromatic heterocycles. The number of hydrogen-bond donors (Lipinski definition) is 0. The Balaban J connectivity index is 2.18. The lowest BCUT2D eigenvalue weighted by Crippen LogP contribution is -2.20. The molecule has 1 fully saturated rings. The number of allylic oxidation sites excluding steroid dienone is 1. The van der Waals surface area contributed by atoms with Crippen molar-refractivity contribution in [2.45, 2.75) is 51.6 Å². The van der Waals surface area contributed by atoms with Gasteiger partial charge in [-0.15, -0.1) is 0 Å². The maximum Gasteiger partial charge on any atom is 0.309 e. The van der Waals surface area contributed by atoms with Crippen LogP contribution in [0.1, 0.15) is 45.4 Å². The van der Waals surface area contributed by atoms with Crippen LogP contribution in [0.25, 0.3) is 0 Å². The number of ether oxygens (including phenoxy) is 1. The molecule has 0 amide bonds. The molecule has 1 rings (SSSR count). The van der Waals surface area contributed by atoms with Crippen molar-refractivity contribution >= 4 is 5.97 Å². The van der Waals surface area contributed by atoms with Crippen molar-refractivity contribution in [2.75, 3.05) is 0 Å². The Labute approximate surface area is 80.0 Å². The summed E-state index contributed by atoms with van der Waals surface area (Å²) in [6, 6.07) is 0. The Morgan fingerprint density at radius 1 is 1.38 bits per heavy atom. The van der Waals surface area contributed by atoms with E-state index in [4.69, 9.17) is 4.74 Å². The molecule has 2 nitrogen and oxygen atoms in total. The third-order valence-electron chi connectivity index (χ3n) is 2.37. The fourth-order valence-electron chi connectivity index (χ4n) is 1.63. The van der Waals surface area contributed by atoms with Gasteiger partial charge in [-0.25, -0.2) is 0 Å². The van der Waals surface area contributed by atoms with Gasteiger partial charge in [-0.1, -0.05) is 18.6 Å². The quantitative estimate of drug-likeness (QED) is 0.495. The molecule has 1 aliphatic carbocycles. The molecule has 0 heterocycles. The van der Waals surface area contributed by atoms with Crippen LogP contribution in [0, 0.1) is 0 Å². The number of carbonyl (C=O) groups excluding carboxylic acids is 1. The Bertz CT molecular complexity index is 179. The normalized spacial score (nSPS) is 19.2. The van der Waals surface area contributed by atoms with Gasteiger partial charge in [0, 0.05) is 0 Å². The fraction of sp³-hybridized carbons (Fsp3) is 0.727. The Morgan fingerprint density at radius 3 is 2.69 bits per heavy atom. The summed E-state index contributed by atoms with van der Waals surface area (Å²) in [5.74, 6) is -0.0787. The van der Waals surface area contributed by atoms with Gasteiger partial charge >= 0.3 is 5.97 Å². The first kappa shape index (κ1) is 10.3. The maximum atomic E-state index is 11.2. The van der Waals surface area contributed by atoms with E-state index in [9.17, 15) is 4.79 Å². The third kappa shape index (κ3) is 4.11. The van der Waals surface area contributed by atoms with Crippen LogP contribution in [0.2, 0.25) is 0 Å². The lowest BCUT2D eigenvalue weighted by molar-refractivity contribution is -0.149. The average molecular weight is 182 g/mol. The summed E-state index contributed by atoms with van der Waals surface area (Å²) < 4.78 is 5.30. The van der Waals surface area contributed by atoms with Crippen LogP contribution in [-0.4, -0.2) is 12.1 Å². The Kier molecular flexibility index (Phi) is 4.58. The summed E-state index contributed by atoms with van der Waals surface area (Å²) in [7, 11) is 0. The van der Waals surface area contributed by atoms with Gasteiger partial charge in [0.25, 0.3) is 0 Å². The SMILES string of the molecule is CC=CCC(=O)OC1CCCCC1. The summed E-state index contributed by atoms with van der Waals surface area (Å²) in [5, 5.41) is 0. The molecule has 0 unspecified atom stereocenters. The van der Waals surface area contributed by atoms with E-state index >= 15 is 0 Å². The van der Waals surface area contributed by atoms with Crippen LogP contribution in [-0.2, 0) is 9.53 Å². The molecule has 0 aromatic carbocycles. The zero-order chi connectivity index (χ0) is 9.52. The highest BCUT2D eigenvalue weighted by Crippen LogP contribution is 2.20. The van der Waals surface area contributed by atoms with Crippen molar-refractivity contribution < 1.29 is 9.53 Å². The lowest BCUT2D eigenvalue weighted by atomic mass is 9.98. The number of rotatable bonds is 3. The summed E-state index contributed by atoms with van der Waals surface area (Å²) in [4.78, 5) is 11.2. The van der Waals surface area contributed by atoms with Crippen molar-refractivity contribution in [1.82, 2.24) is 0 Å². The number of hydrogen-bond acceptors (Lipinski definition) is 2. The molecule has 0 saturated heterocycles. The van der Waals surface area contributed by atoms with E-state index in [1.807, 2.05) is 19.1 Å². The van der Waals surface area contributed by atoms with Gasteiger partial charge in [0.15, 0.2) is 0 Å². The molecule has 0 atom stereocenters. The lowest BCUT2D eigenvalue weighted by Gasteiger charge is -2.21. The predicted molar refractivity (Wildman–Crippen MR) is 52.4 cm³/mol. The minimum atomic E-state index is -0.0787. The van der Waals surface area contributed by atoms with Crippen molar-refractivity contribution in [1.29, 1.82) is 0 Å². The smallest absolute Gasteiger partial charge is 0.309 e. The topological polar surface area (TPSA) is 26.3 Å². The van der Waals surface area contributed by atoms with Gasteiger partial charge in [0.2, 0.25) is 0 Å². The van der Waals surface area contributed by atoms with Crippen molar-refractivity contribution in [2.24, 2.45) is 0 Å². The van der Waals surface area contributed by atoms with E-state index in [1.54, 1.807) is 0 Å². The average Bonchev–Trinajstić information content (AvgIpc) is 2.16. The van der Waals surface area contributed by atoms with Crippen molar-refractivity contribution in [3.05, 3.63) is 12.2 Å². The van der Waals surface area contributed by atoms with Gasteiger partial charge in [0.05, 0.1) is 6.42 Å². The second kappa shape index (κ2) is 5.79. The molecule has 0 aromatic rings. The van der Waals surface area contributed by atoms with E-state index < -0.39 is 0 Å². The summed E-state index contributed by atoms with van der Waals surface area (Å²) in [6.07, 6.45) is 10.2. The number of carbonyl (C=O) groups is 1. The highest BCUT2D eigenvalue weighted by atomic mass is 16.5. The van der Waals surface area contributed by atoms with Crippen LogP contribution in [0.15, 0.2) is 12.2 Å². The molecule has 2 heteroatoms. The van der Waals surface area contributed by atoms with Crippen LogP contribution in [0.5, 0.6) is 0 Å². The summed E-state index contributed by atoms with van der Waals surface area (Å²) in [6.45, 7) is 1.91. The fourth-order valence-corrected chi connectivity index (χ4v) is 1.63. The largest absolute Gasteiger partial charge is 0.462 e. The molecular weight excluding hydrogens is 164 g/mol. The van der Waals surface area contributed by atoms with Crippen molar-refractivity contribution in [3.63, 3.8) is 0 Å².